The number of nitrogens with zero attached hydrogens (tertiary/aromatic N) is 4. The smallest absolute Gasteiger partial charge is 0.258 e. The van der Waals surface area contributed by atoms with E-state index < -0.39 is 52.1 Å². The van der Waals surface area contributed by atoms with Gasteiger partial charge in [0.15, 0.2) is 0 Å². The summed E-state index contributed by atoms with van der Waals surface area (Å²) in [5.41, 5.74) is -1.77. The van der Waals surface area contributed by atoms with E-state index in [1.807, 2.05) is 0 Å². The average molecular weight is 489 g/mol. The van der Waals surface area contributed by atoms with Crippen LogP contribution in [0.1, 0.15) is 16.5 Å². The average Bonchev–Trinajstić information content (AvgIpc) is 3.18. The first kappa shape index (κ1) is 22.9. The maximum Gasteiger partial charge on any atom is 0.288 e. The number of hydrogen-bond donors (Lipinski definition) is 0. The van der Waals surface area contributed by atoms with Crippen molar-refractivity contribution in [3.8, 4) is 0 Å². The molecule has 0 N–H and O–H groups in total. The zero-order valence-electron chi connectivity index (χ0n) is 15.6. The van der Waals surface area contributed by atoms with Gasteiger partial charge in [-0.05, 0) is 18.6 Å². The van der Waals surface area contributed by atoms with Gasteiger partial charge in [-0.3, -0.25) is 30.3 Å². The summed E-state index contributed by atoms with van der Waals surface area (Å²) in [7, 11) is -4.41. The lowest BCUT2D eigenvalue weighted by atomic mass is 10.1. The fraction of sp³-hybridized carbons (Fsp3) is 0.250. The largest absolute Gasteiger partial charge is 0.288 e. The van der Waals surface area contributed by atoms with E-state index in [-0.39, 0.29) is 17.1 Å². The topological polar surface area (TPSA) is 167 Å². The van der Waals surface area contributed by atoms with E-state index in [9.17, 15) is 38.8 Å². The number of thioether (sulfide) groups is 1. The Morgan fingerprint density at radius 2 is 1.55 bits per heavy atom. The van der Waals surface area contributed by atoms with Crippen molar-refractivity contribution < 1.29 is 23.2 Å². The van der Waals surface area contributed by atoms with Crippen LogP contribution in [-0.4, -0.2) is 39.8 Å². The van der Waals surface area contributed by atoms with Gasteiger partial charge in [0.05, 0.1) is 25.0 Å². The minimum absolute atomic E-state index is 0.00353. The highest BCUT2D eigenvalue weighted by Gasteiger charge is 2.39. The van der Waals surface area contributed by atoms with Crippen LogP contribution in [0.4, 0.5) is 17.1 Å². The first-order valence-corrected chi connectivity index (χ1v) is 11.3. The van der Waals surface area contributed by atoms with Crippen molar-refractivity contribution in [2.75, 3.05) is 12.3 Å². The number of nitro groups is 3. The Kier molecular flexibility index (Phi) is 6.18. The molecule has 3 rings (SSSR count). The molecule has 1 aliphatic heterocycles. The van der Waals surface area contributed by atoms with Crippen molar-refractivity contribution in [3.63, 3.8) is 0 Å². The lowest BCUT2D eigenvalue weighted by Crippen LogP contribution is -2.30. The first-order valence-electron chi connectivity index (χ1n) is 8.46. The fourth-order valence-corrected chi connectivity index (χ4v) is 6.57. The predicted molar refractivity (Wildman–Crippen MR) is 112 cm³/mol. The molecule has 0 saturated carbocycles. The van der Waals surface area contributed by atoms with Crippen molar-refractivity contribution in [2.24, 2.45) is 0 Å². The van der Waals surface area contributed by atoms with Crippen molar-refractivity contribution in [2.45, 2.75) is 17.2 Å². The minimum Gasteiger partial charge on any atom is -0.258 e. The van der Waals surface area contributed by atoms with Crippen LogP contribution in [0, 0.1) is 37.3 Å². The van der Waals surface area contributed by atoms with Gasteiger partial charge in [-0.15, -0.1) is 11.8 Å². The standard InChI is InChI=1S/C16H13ClN4O8S2/c1-9-13(19(22)23)7-11(8-14(9)20(24)25)31(28,29)18-4-5-30-16(18)10-2-3-12(17)15(6-10)21(26)27/h2-3,6-8,16H,4-5H2,1H3. The molecular formula is C16H13ClN4O8S2. The van der Waals surface area contributed by atoms with Crippen LogP contribution in [0.5, 0.6) is 0 Å². The van der Waals surface area contributed by atoms with Gasteiger partial charge in [0.2, 0.25) is 10.0 Å². The lowest BCUT2D eigenvalue weighted by molar-refractivity contribution is -0.395. The van der Waals surface area contributed by atoms with Crippen molar-refractivity contribution in [1.82, 2.24) is 4.31 Å². The molecule has 1 aliphatic rings. The molecule has 0 amide bonds. The van der Waals surface area contributed by atoms with Crippen LogP contribution >= 0.6 is 23.4 Å². The first-order chi connectivity index (χ1) is 14.4. The zero-order valence-corrected chi connectivity index (χ0v) is 18.0. The van der Waals surface area contributed by atoms with Gasteiger partial charge in [-0.1, -0.05) is 17.7 Å². The Bertz CT molecular complexity index is 1190. The van der Waals surface area contributed by atoms with Gasteiger partial charge >= 0.3 is 0 Å². The predicted octanol–water partition coefficient (Wildman–Crippen LogP) is 3.81. The summed E-state index contributed by atoms with van der Waals surface area (Å²) in [5.74, 6) is 0.344. The van der Waals surface area contributed by atoms with Gasteiger partial charge in [-0.2, -0.15) is 4.31 Å². The normalized spacial score (nSPS) is 16.9. The second kappa shape index (κ2) is 8.37. The van der Waals surface area contributed by atoms with E-state index in [0.717, 1.165) is 29.4 Å². The second-order valence-electron chi connectivity index (χ2n) is 6.41. The molecule has 2 aromatic rings. The summed E-state index contributed by atoms with van der Waals surface area (Å²) in [6.07, 6.45) is 0. The van der Waals surface area contributed by atoms with Gasteiger partial charge < -0.3 is 0 Å². The highest BCUT2D eigenvalue weighted by Crippen LogP contribution is 2.44. The SMILES string of the molecule is Cc1c([N+](=O)[O-])cc(S(=O)(=O)N2CCSC2c2ccc(Cl)c([N+](=O)[O-])c2)cc1[N+](=O)[O-]. The molecule has 1 unspecified atom stereocenters. The monoisotopic (exact) mass is 488 g/mol. The lowest BCUT2D eigenvalue weighted by Gasteiger charge is -2.23. The molecule has 0 bridgehead atoms. The van der Waals surface area contributed by atoms with E-state index in [2.05, 4.69) is 0 Å². The number of sulfonamides is 1. The van der Waals surface area contributed by atoms with E-state index in [4.69, 9.17) is 11.6 Å². The number of rotatable bonds is 6. The third-order valence-electron chi connectivity index (χ3n) is 4.63. The van der Waals surface area contributed by atoms with Crippen LogP contribution in [0.15, 0.2) is 35.2 Å². The molecule has 1 heterocycles. The minimum atomic E-state index is -4.41. The number of hydrogen-bond acceptors (Lipinski definition) is 9. The molecule has 0 spiro atoms. The van der Waals surface area contributed by atoms with Crippen LogP contribution < -0.4 is 0 Å². The molecule has 1 saturated heterocycles. The summed E-state index contributed by atoms with van der Waals surface area (Å²) in [5, 5.41) is 32.8. The zero-order chi connectivity index (χ0) is 23.1. The quantitative estimate of drug-likeness (QED) is 0.433. The summed E-state index contributed by atoms with van der Waals surface area (Å²) < 4.78 is 27.5. The van der Waals surface area contributed by atoms with E-state index in [1.165, 1.54) is 23.9 Å². The third kappa shape index (κ3) is 4.19. The molecule has 15 heteroatoms. The number of benzene rings is 2. The second-order valence-corrected chi connectivity index (χ2v) is 9.89. The van der Waals surface area contributed by atoms with Gasteiger partial charge in [-0.25, -0.2) is 8.42 Å². The van der Waals surface area contributed by atoms with Gasteiger partial charge in [0.1, 0.15) is 10.6 Å². The maximum absolute atomic E-state index is 13.3. The molecule has 2 aromatic carbocycles. The summed E-state index contributed by atoms with van der Waals surface area (Å²) >= 11 is 7.01. The highest BCUT2D eigenvalue weighted by molar-refractivity contribution is 8.01. The summed E-state index contributed by atoms with van der Waals surface area (Å²) in [6, 6.07) is 5.44. The Morgan fingerprint density at radius 3 is 2.06 bits per heavy atom. The molecule has 1 fully saturated rings. The van der Waals surface area contributed by atoms with Crippen LogP contribution in [0.3, 0.4) is 0 Å². The Labute approximate surface area is 184 Å². The molecule has 31 heavy (non-hydrogen) atoms. The van der Waals surface area contributed by atoms with Crippen LogP contribution in [0.2, 0.25) is 5.02 Å². The van der Waals surface area contributed by atoms with Crippen molar-refractivity contribution >= 4 is 50.4 Å². The molecule has 164 valence electrons. The summed E-state index contributed by atoms with van der Waals surface area (Å²) in [4.78, 5) is 30.7. The van der Waals surface area contributed by atoms with E-state index in [1.54, 1.807) is 0 Å². The van der Waals surface area contributed by atoms with Crippen molar-refractivity contribution in [3.05, 3.63) is 76.8 Å². The molecule has 0 aliphatic carbocycles. The maximum atomic E-state index is 13.3. The molecule has 0 radical (unpaired) electrons. The molecule has 12 nitrogen and oxygen atoms in total. The Hall–Kier alpha value is -2.81. The van der Waals surface area contributed by atoms with E-state index in [0.29, 0.717) is 11.3 Å². The Balaban J connectivity index is 2.12. The molecular weight excluding hydrogens is 476 g/mol. The molecule has 1 atom stereocenters. The van der Waals surface area contributed by atoms with E-state index >= 15 is 0 Å². The number of nitro benzene ring substituents is 3. The third-order valence-corrected chi connectivity index (χ3v) is 8.18. The van der Waals surface area contributed by atoms with Gasteiger partial charge in [0.25, 0.3) is 17.1 Å². The highest BCUT2D eigenvalue weighted by atomic mass is 35.5. The van der Waals surface area contributed by atoms with Crippen molar-refractivity contribution in [1.29, 1.82) is 0 Å². The number of halogens is 1. The summed E-state index contributed by atoms with van der Waals surface area (Å²) in [6.45, 7) is 1.16. The van der Waals surface area contributed by atoms with Crippen LogP contribution in [0.25, 0.3) is 0 Å². The van der Waals surface area contributed by atoms with Gasteiger partial charge in [0, 0.05) is 30.5 Å². The fourth-order valence-electron chi connectivity index (χ4n) is 3.11. The molecule has 0 aromatic heterocycles. The van der Waals surface area contributed by atoms with Crippen LogP contribution in [-0.2, 0) is 10.0 Å². The Morgan fingerprint density at radius 1 is 1.00 bits per heavy atom.